The van der Waals surface area contributed by atoms with E-state index in [2.05, 4.69) is 20.4 Å². The van der Waals surface area contributed by atoms with Crippen molar-refractivity contribution >= 4 is 11.6 Å². The molecule has 4 heterocycles. The number of pyridine rings is 2. The predicted octanol–water partition coefficient (Wildman–Crippen LogP) is 2.33. The van der Waals surface area contributed by atoms with Crippen molar-refractivity contribution in [2.75, 3.05) is 6.54 Å². The normalized spacial score (nSPS) is 11.0. The molecule has 0 aliphatic heterocycles. The molecule has 4 aromatic heterocycles. The fourth-order valence-corrected chi connectivity index (χ4v) is 2.92. The van der Waals surface area contributed by atoms with E-state index in [0.29, 0.717) is 24.5 Å². The molecule has 0 atom stereocenters. The third-order valence-electron chi connectivity index (χ3n) is 4.16. The summed E-state index contributed by atoms with van der Waals surface area (Å²) in [6, 6.07) is 11.5. The standard InChI is InChI=1S/C19H18N6O/c1-14-18(25-11-3-2-4-17(25)22-14)19(26)21-10-13-24-12-7-16(23-24)15-5-8-20-9-6-15/h2-9,11-12H,10,13H2,1H3,(H,21,26). The number of carbonyl (C=O) groups is 1. The van der Waals surface area contributed by atoms with Crippen molar-refractivity contribution < 1.29 is 4.79 Å². The Hall–Kier alpha value is -3.48. The summed E-state index contributed by atoms with van der Waals surface area (Å²) >= 11 is 0. The lowest BCUT2D eigenvalue weighted by molar-refractivity contribution is 0.0945. The van der Waals surface area contributed by atoms with Crippen molar-refractivity contribution in [3.8, 4) is 11.3 Å². The van der Waals surface area contributed by atoms with Crippen molar-refractivity contribution in [2.45, 2.75) is 13.5 Å². The van der Waals surface area contributed by atoms with Gasteiger partial charge in [0.25, 0.3) is 5.91 Å². The summed E-state index contributed by atoms with van der Waals surface area (Å²) in [7, 11) is 0. The average Bonchev–Trinajstić information content (AvgIpc) is 3.26. The van der Waals surface area contributed by atoms with Crippen LogP contribution in [0.3, 0.4) is 0 Å². The summed E-state index contributed by atoms with van der Waals surface area (Å²) in [5.41, 5.74) is 3.95. The zero-order valence-electron chi connectivity index (χ0n) is 14.3. The summed E-state index contributed by atoms with van der Waals surface area (Å²) in [5, 5.41) is 7.47. The fourth-order valence-electron chi connectivity index (χ4n) is 2.92. The number of nitrogens with one attached hydrogen (secondary N) is 1. The molecule has 0 unspecified atom stereocenters. The summed E-state index contributed by atoms with van der Waals surface area (Å²) in [6.45, 7) is 2.92. The van der Waals surface area contributed by atoms with Gasteiger partial charge in [-0.25, -0.2) is 4.98 Å². The van der Waals surface area contributed by atoms with Crippen LogP contribution in [0, 0.1) is 6.92 Å². The average molecular weight is 346 g/mol. The maximum Gasteiger partial charge on any atom is 0.270 e. The summed E-state index contributed by atoms with van der Waals surface area (Å²) < 4.78 is 3.62. The Kier molecular flexibility index (Phi) is 4.18. The minimum absolute atomic E-state index is 0.136. The van der Waals surface area contributed by atoms with Crippen LogP contribution in [0.25, 0.3) is 16.9 Å². The van der Waals surface area contributed by atoms with Crippen molar-refractivity contribution in [3.63, 3.8) is 0 Å². The molecular formula is C19H18N6O. The predicted molar refractivity (Wildman–Crippen MR) is 97.7 cm³/mol. The zero-order chi connectivity index (χ0) is 17.9. The smallest absolute Gasteiger partial charge is 0.270 e. The number of carbonyl (C=O) groups excluding carboxylic acids is 1. The van der Waals surface area contributed by atoms with Crippen LogP contribution < -0.4 is 5.32 Å². The largest absolute Gasteiger partial charge is 0.349 e. The van der Waals surface area contributed by atoms with Crippen LogP contribution in [0.15, 0.2) is 61.2 Å². The van der Waals surface area contributed by atoms with Gasteiger partial charge in [-0.15, -0.1) is 0 Å². The second-order valence-corrected chi connectivity index (χ2v) is 5.93. The number of fused-ring (bicyclic) bond motifs is 1. The molecule has 130 valence electrons. The molecule has 0 fully saturated rings. The van der Waals surface area contributed by atoms with Crippen LogP contribution in [-0.2, 0) is 6.54 Å². The number of rotatable bonds is 5. The van der Waals surface area contributed by atoms with E-state index in [1.54, 1.807) is 16.8 Å². The van der Waals surface area contributed by atoms with Crippen LogP contribution in [0.5, 0.6) is 0 Å². The van der Waals surface area contributed by atoms with Crippen LogP contribution in [0.2, 0.25) is 0 Å². The first-order valence-corrected chi connectivity index (χ1v) is 8.38. The number of aryl methyl sites for hydroxylation is 1. The lowest BCUT2D eigenvalue weighted by Gasteiger charge is -2.06. The molecule has 4 rings (SSSR count). The molecule has 0 saturated carbocycles. The number of imidazole rings is 1. The number of amides is 1. The molecule has 7 heteroatoms. The molecule has 0 aliphatic rings. The Balaban J connectivity index is 1.41. The van der Waals surface area contributed by atoms with E-state index < -0.39 is 0 Å². The van der Waals surface area contributed by atoms with Gasteiger partial charge in [0, 0.05) is 36.9 Å². The Morgan fingerprint density at radius 1 is 1.12 bits per heavy atom. The summed E-state index contributed by atoms with van der Waals surface area (Å²) in [5.74, 6) is -0.136. The number of aromatic nitrogens is 5. The van der Waals surface area contributed by atoms with Crippen molar-refractivity contribution in [3.05, 3.63) is 72.6 Å². The maximum absolute atomic E-state index is 12.5. The molecule has 7 nitrogen and oxygen atoms in total. The molecule has 4 aromatic rings. The molecule has 1 N–H and O–H groups in total. The van der Waals surface area contributed by atoms with Gasteiger partial charge in [0.05, 0.1) is 17.9 Å². The van der Waals surface area contributed by atoms with Crippen LogP contribution in [0.4, 0.5) is 0 Å². The molecule has 26 heavy (non-hydrogen) atoms. The van der Waals surface area contributed by atoms with Gasteiger partial charge in [-0.1, -0.05) is 6.07 Å². The van der Waals surface area contributed by atoms with E-state index in [1.807, 2.05) is 60.4 Å². The first kappa shape index (κ1) is 16.0. The minimum Gasteiger partial charge on any atom is -0.349 e. The zero-order valence-corrected chi connectivity index (χ0v) is 14.3. The first-order chi connectivity index (χ1) is 12.7. The van der Waals surface area contributed by atoms with E-state index in [9.17, 15) is 4.79 Å². The van der Waals surface area contributed by atoms with E-state index in [-0.39, 0.29) is 5.91 Å². The first-order valence-electron chi connectivity index (χ1n) is 8.38. The Labute approximate surface area is 150 Å². The summed E-state index contributed by atoms with van der Waals surface area (Å²) in [4.78, 5) is 21.0. The Morgan fingerprint density at radius 2 is 1.96 bits per heavy atom. The van der Waals surface area contributed by atoms with E-state index in [0.717, 1.165) is 16.9 Å². The second-order valence-electron chi connectivity index (χ2n) is 5.93. The number of hydrogen-bond donors (Lipinski definition) is 1. The topological polar surface area (TPSA) is 77.1 Å². The van der Waals surface area contributed by atoms with E-state index in [1.165, 1.54) is 0 Å². The minimum atomic E-state index is -0.136. The van der Waals surface area contributed by atoms with Gasteiger partial charge in [0.1, 0.15) is 11.3 Å². The van der Waals surface area contributed by atoms with Gasteiger partial charge in [-0.2, -0.15) is 5.10 Å². The maximum atomic E-state index is 12.5. The third kappa shape index (κ3) is 3.06. The van der Waals surface area contributed by atoms with Crippen molar-refractivity contribution in [2.24, 2.45) is 0 Å². The van der Waals surface area contributed by atoms with Crippen LogP contribution in [0.1, 0.15) is 16.2 Å². The Morgan fingerprint density at radius 3 is 2.81 bits per heavy atom. The van der Waals surface area contributed by atoms with E-state index >= 15 is 0 Å². The van der Waals surface area contributed by atoms with Crippen molar-refractivity contribution in [1.29, 1.82) is 0 Å². The summed E-state index contributed by atoms with van der Waals surface area (Å²) in [6.07, 6.45) is 7.24. The molecule has 0 saturated heterocycles. The monoisotopic (exact) mass is 346 g/mol. The van der Waals surface area contributed by atoms with Crippen LogP contribution >= 0.6 is 0 Å². The van der Waals surface area contributed by atoms with E-state index in [4.69, 9.17) is 0 Å². The lowest BCUT2D eigenvalue weighted by Crippen LogP contribution is -2.29. The second kappa shape index (κ2) is 6.79. The Bertz CT molecular complexity index is 1050. The molecular weight excluding hydrogens is 328 g/mol. The van der Waals surface area contributed by atoms with Gasteiger partial charge in [0.15, 0.2) is 0 Å². The van der Waals surface area contributed by atoms with Crippen LogP contribution in [-0.4, -0.2) is 36.6 Å². The molecule has 0 spiro atoms. The molecule has 0 bridgehead atoms. The molecule has 0 radical (unpaired) electrons. The number of hydrogen-bond acceptors (Lipinski definition) is 4. The van der Waals surface area contributed by atoms with Gasteiger partial charge in [0.2, 0.25) is 0 Å². The lowest BCUT2D eigenvalue weighted by atomic mass is 10.2. The quantitative estimate of drug-likeness (QED) is 0.602. The van der Waals surface area contributed by atoms with Gasteiger partial charge in [-0.05, 0) is 37.3 Å². The molecule has 1 amide bonds. The van der Waals surface area contributed by atoms with Gasteiger partial charge < -0.3 is 5.32 Å². The molecule has 0 aliphatic carbocycles. The highest BCUT2D eigenvalue weighted by molar-refractivity contribution is 5.94. The van der Waals surface area contributed by atoms with Crippen molar-refractivity contribution in [1.82, 2.24) is 29.5 Å². The number of nitrogens with zero attached hydrogens (tertiary/aromatic N) is 5. The highest BCUT2D eigenvalue weighted by Gasteiger charge is 2.15. The van der Waals surface area contributed by atoms with Gasteiger partial charge >= 0.3 is 0 Å². The highest BCUT2D eigenvalue weighted by atomic mass is 16.1. The van der Waals surface area contributed by atoms with Gasteiger partial charge in [-0.3, -0.25) is 18.9 Å². The molecule has 0 aromatic carbocycles. The third-order valence-corrected chi connectivity index (χ3v) is 4.16. The highest BCUT2D eigenvalue weighted by Crippen LogP contribution is 2.15. The fraction of sp³-hybridized carbons (Fsp3) is 0.158. The SMILES string of the molecule is Cc1nc2ccccn2c1C(=O)NCCn1ccc(-c2ccncc2)n1.